The molecule has 1 aliphatic carbocycles. The zero-order valence-corrected chi connectivity index (χ0v) is 18.9. The van der Waals surface area contributed by atoms with E-state index >= 15 is 0 Å². The lowest BCUT2D eigenvalue weighted by molar-refractivity contribution is 0.147. The maximum Gasteiger partial charge on any atom is 0.407 e. The van der Waals surface area contributed by atoms with E-state index in [-0.39, 0.29) is 42.2 Å². The number of nitrogens with zero attached hydrogens (tertiary/aromatic N) is 1. The molecule has 1 amide bonds. The van der Waals surface area contributed by atoms with Crippen LogP contribution in [0.15, 0.2) is 29.3 Å². The summed E-state index contributed by atoms with van der Waals surface area (Å²) >= 11 is 0. The van der Waals surface area contributed by atoms with E-state index in [0.717, 1.165) is 37.5 Å². The van der Waals surface area contributed by atoms with Crippen LogP contribution in [0.2, 0.25) is 0 Å². The highest BCUT2D eigenvalue weighted by atomic mass is 127. The molecule has 2 atom stereocenters. The molecular formula is C20H31IN4O3. The fourth-order valence-electron chi connectivity index (χ4n) is 3.24. The summed E-state index contributed by atoms with van der Waals surface area (Å²) in [6.07, 6.45) is 2.90. The molecule has 0 bridgehead atoms. The molecule has 0 spiro atoms. The molecule has 1 heterocycles. The second-order valence-corrected chi connectivity index (χ2v) is 6.96. The van der Waals surface area contributed by atoms with Crippen LogP contribution in [0.3, 0.4) is 0 Å². The van der Waals surface area contributed by atoms with Crippen molar-refractivity contribution in [3.63, 3.8) is 0 Å². The van der Waals surface area contributed by atoms with Crippen LogP contribution in [0.25, 0.3) is 0 Å². The van der Waals surface area contributed by atoms with Gasteiger partial charge in [0.05, 0.1) is 25.7 Å². The minimum absolute atomic E-state index is 0. The summed E-state index contributed by atoms with van der Waals surface area (Å²) in [5, 5.41) is 9.56. The van der Waals surface area contributed by atoms with Crippen LogP contribution >= 0.6 is 24.0 Å². The summed E-state index contributed by atoms with van der Waals surface area (Å²) in [5.41, 5.74) is 1.25. The Bertz CT molecular complexity index is 642. The Morgan fingerprint density at radius 2 is 2.07 bits per heavy atom. The Morgan fingerprint density at radius 1 is 1.29 bits per heavy atom. The molecule has 1 fully saturated rings. The summed E-state index contributed by atoms with van der Waals surface area (Å²) in [6.45, 7) is 6.21. The number of fused-ring (bicyclic) bond motifs is 1. The van der Waals surface area contributed by atoms with Crippen LogP contribution < -0.4 is 20.7 Å². The van der Waals surface area contributed by atoms with E-state index in [1.807, 2.05) is 25.1 Å². The van der Waals surface area contributed by atoms with Crippen molar-refractivity contribution in [2.24, 2.45) is 10.9 Å². The zero-order chi connectivity index (χ0) is 19.1. The second-order valence-electron chi connectivity index (χ2n) is 6.96. The SMILES string of the molecule is CCNC(=NCC(NC(=O)OCC)C1CC1)NCC1Cc2ccccc2O1.I. The lowest BCUT2D eigenvalue weighted by atomic mass is 10.1. The Morgan fingerprint density at radius 3 is 2.75 bits per heavy atom. The number of rotatable bonds is 8. The van der Waals surface area contributed by atoms with Crippen molar-refractivity contribution in [2.75, 3.05) is 26.2 Å². The van der Waals surface area contributed by atoms with Crippen molar-refractivity contribution in [1.82, 2.24) is 16.0 Å². The number of aliphatic imine (C=N–C) groups is 1. The Balaban J connectivity index is 0.00000280. The monoisotopic (exact) mass is 502 g/mol. The smallest absolute Gasteiger partial charge is 0.407 e. The molecule has 2 aliphatic rings. The molecular weight excluding hydrogens is 471 g/mol. The van der Waals surface area contributed by atoms with Gasteiger partial charge in [-0.3, -0.25) is 4.99 Å². The Hall–Kier alpha value is -1.71. The predicted molar refractivity (Wildman–Crippen MR) is 121 cm³/mol. The molecule has 1 aromatic carbocycles. The number of alkyl carbamates (subject to hydrolysis) is 1. The highest BCUT2D eigenvalue weighted by molar-refractivity contribution is 14.0. The first-order valence-electron chi connectivity index (χ1n) is 9.89. The Labute approximate surface area is 184 Å². The predicted octanol–water partition coefficient (Wildman–Crippen LogP) is 2.69. The van der Waals surface area contributed by atoms with Crippen molar-refractivity contribution >= 4 is 36.0 Å². The molecule has 156 valence electrons. The number of guanidine groups is 1. The van der Waals surface area contributed by atoms with E-state index < -0.39 is 0 Å². The van der Waals surface area contributed by atoms with E-state index in [1.54, 1.807) is 6.92 Å². The molecule has 7 nitrogen and oxygen atoms in total. The molecule has 1 saturated carbocycles. The number of carbonyl (C=O) groups excluding carboxylic acids is 1. The van der Waals surface area contributed by atoms with Crippen LogP contribution in [0.1, 0.15) is 32.3 Å². The third kappa shape index (κ3) is 6.72. The highest BCUT2D eigenvalue weighted by Crippen LogP contribution is 2.32. The molecule has 2 unspecified atom stereocenters. The molecule has 3 rings (SSSR count). The average molecular weight is 502 g/mol. The van der Waals surface area contributed by atoms with Gasteiger partial charge in [0.15, 0.2) is 5.96 Å². The molecule has 1 aliphatic heterocycles. The molecule has 0 radical (unpaired) electrons. The normalized spacial score (nSPS) is 18.9. The summed E-state index contributed by atoms with van der Waals surface area (Å²) in [4.78, 5) is 16.4. The second kappa shape index (κ2) is 11.3. The summed E-state index contributed by atoms with van der Waals surface area (Å²) in [5.74, 6) is 2.21. The minimum Gasteiger partial charge on any atom is -0.488 e. The van der Waals surface area contributed by atoms with E-state index in [4.69, 9.17) is 9.47 Å². The van der Waals surface area contributed by atoms with Crippen LogP contribution in [-0.2, 0) is 11.2 Å². The summed E-state index contributed by atoms with van der Waals surface area (Å²) in [6, 6.07) is 8.17. The lowest BCUT2D eigenvalue weighted by Crippen LogP contribution is -2.44. The average Bonchev–Trinajstić information content (AvgIpc) is 3.42. The van der Waals surface area contributed by atoms with Gasteiger partial charge in [-0.1, -0.05) is 18.2 Å². The number of hydrogen-bond donors (Lipinski definition) is 3. The number of para-hydroxylation sites is 1. The number of ether oxygens (including phenoxy) is 2. The number of nitrogens with one attached hydrogen (secondary N) is 3. The first kappa shape index (κ1) is 22.6. The lowest BCUT2D eigenvalue weighted by Gasteiger charge is -2.18. The van der Waals surface area contributed by atoms with Gasteiger partial charge in [0.25, 0.3) is 0 Å². The zero-order valence-electron chi connectivity index (χ0n) is 16.6. The van der Waals surface area contributed by atoms with Crippen molar-refractivity contribution < 1.29 is 14.3 Å². The molecule has 0 aromatic heterocycles. The summed E-state index contributed by atoms with van der Waals surface area (Å²) in [7, 11) is 0. The van der Waals surface area contributed by atoms with Gasteiger partial charge < -0.3 is 25.4 Å². The largest absolute Gasteiger partial charge is 0.488 e. The van der Waals surface area contributed by atoms with Gasteiger partial charge in [-0.25, -0.2) is 4.79 Å². The topological polar surface area (TPSA) is 84.0 Å². The van der Waals surface area contributed by atoms with Gasteiger partial charge in [-0.15, -0.1) is 24.0 Å². The molecule has 0 saturated heterocycles. The van der Waals surface area contributed by atoms with Gasteiger partial charge in [0.2, 0.25) is 0 Å². The van der Waals surface area contributed by atoms with Crippen molar-refractivity contribution in [2.45, 2.75) is 45.3 Å². The maximum absolute atomic E-state index is 11.7. The van der Waals surface area contributed by atoms with Crippen molar-refractivity contribution in [1.29, 1.82) is 0 Å². The van der Waals surface area contributed by atoms with Gasteiger partial charge in [0, 0.05) is 13.0 Å². The third-order valence-electron chi connectivity index (χ3n) is 4.77. The number of amides is 1. The maximum atomic E-state index is 11.7. The van der Waals surface area contributed by atoms with E-state index in [2.05, 4.69) is 27.0 Å². The molecule has 1 aromatic rings. The number of benzene rings is 1. The number of halogens is 1. The number of carbonyl (C=O) groups is 1. The van der Waals surface area contributed by atoms with Crippen molar-refractivity contribution in [3.05, 3.63) is 29.8 Å². The summed E-state index contributed by atoms with van der Waals surface area (Å²) < 4.78 is 11.0. The van der Waals surface area contributed by atoms with E-state index in [0.29, 0.717) is 25.6 Å². The Kier molecular flexibility index (Phi) is 9.14. The molecule has 28 heavy (non-hydrogen) atoms. The van der Waals surface area contributed by atoms with Crippen LogP contribution in [0.4, 0.5) is 4.79 Å². The van der Waals surface area contributed by atoms with Crippen LogP contribution in [0.5, 0.6) is 5.75 Å². The van der Waals surface area contributed by atoms with E-state index in [1.165, 1.54) is 5.56 Å². The number of hydrogen-bond acceptors (Lipinski definition) is 4. The van der Waals surface area contributed by atoms with Gasteiger partial charge in [-0.2, -0.15) is 0 Å². The highest BCUT2D eigenvalue weighted by Gasteiger charge is 2.32. The van der Waals surface area contributed by atoms with Crippen LogP contribution in [0, 0.1) is 5.92 Å². The molecule has 3 N–H and O–H groups in total. The first-order valence-corrected chi connectivity index (χ1v) is 9.89. The third-order valence-corrected chi connectivity index (χ3v) is 4.77. The van der Waals surface area contributed by atoms with Gasteiger partial charge >= 0.3 is 6.09 Å². The van der Waals surface area contributed by atoms with Crippen molar-refractivity contribution in [3.8, 4) is 5.75 Å². The van der Waals surface area contributed by atoms with E-state index in [9.17, 15) is 4.79 Å². The molecule has 8 heteroatoms. The quantitative estimate of drug-likeness (QED) is 0.289. The van der Waals surface area contributed by atoms with Crippen LogP contribution in [-0.4, -0.2) is 50.4 Å². The van der Waals surface area contributed by atoms with Gasteiger partial charge in [0.1, 0.15) is 11.9 Å². The fourth-order valence-corrected chi connectivity index (χ4v) is 3.24. The minimum atomic E-state index is -0.361. The first-order chi connectivity index (χ1) is 13.2. The van der Waals surface area contributed by atoms with Gasteiger partial charge in [-0.05, 0) is 44.2 Å². The fraction of sp³-hybridized carbons (Fsp3) is 0.600. The standard InChI is InChI=1S/C20H30N4O3.HI/c1-3-21-19(22-12-16-11-15-7-5-6-8-18(15)27-16)23-13-17(14-9-10-14)24-20(25)26-4-2;/h5-8,14,16-17H,3-4,9-13H2,1-2H3,(H,24,25)(H2,21,22,23);1H.